The van der Waals surface area contributed by atoms with E-state index in [0.717, 1.165) is 0 Å². The number of aldehydes is 2. The van der Waals surface area contributed by atoms with Gasteiger partial charge < -0.3 is 46.0 Å². The van der Waals surface area contributed by atoms with Gasteiger partial charge in [0.05, 0.1) is 14.2 Å². The van der Waals surface area contributed by atoms with Crippen LogP contribution in [0.25, 0.3) is 0 Å². The second-order valence-corrected chi connectivity index (χ2v) is 4.15. The minimum atomic E-state index is -0.500. The molecular formula is C17H24GdO11+3. The normalized spacial score (nSPS) is 7.38. The number of methoxy groups -OCH3 is 2. The minimum absolute atomic E-state index is 0. The molecule has 0 saturated carbocycles. The monoisotopic (exact) mass is 562 g/mol. The average Bonchev–Trinajstić information content (AvgIpc) is 2.64. The largest absolute Gasteiger partial charge is 3.00 e. The third-order valence-electron chi connectivity index (χ3n) is 2.65. The van der Waals surface area contributed by atoms with Crippen molar-refractivity contribution in [2.24, 2.45) is 0 Å². The summed E-state index contributed by atoms with van der Waals surface area (Å²) in [6, 6.07) is 8.35. The van der Waals surface area contributed by atoms with Crippen LogP contribution in [0, 0.1) is 39.9 Å². The average molecular weight is 562 g/mol. The molecule has 0 aliphatic rings. The number of hydrogen-bond acceptors (Lipinski definition) is 8. The van der Waals surface area contributed by atoms with Crippen molar-refractivity contribution >= 4 is 19.0 Å². The molecule has 2 aromatic carbocycles. The number of ether oxygens (including phenoxy) is 2. The number of carboxylic acid groups (broad SMARTS) is 1. The van der Waals surface area contributed by atoms with Gasteiger partial charge in [-0.15, -0.1) is 0 Å². The van der Waals surface area contributed by atoms with E-state index in [2.05, 4.69) is 0 Å². The van der Waals surface area contributed by atoms with E-state index in [0.29, 0.717) is 23.7 Å². The van der Waals surface area contributed by atoms with E-state index in [1.54, 1.807) is 0 Å². The first-order valence-electron chi connectivity index (χ1n) is 6.63. The van der Waals surface area contributed by atoms with E-state index in [1.165, 1.54) is 50.6 Å². The number of carbonyl (C=O) groups is 3. The molecule has 0 amide bonds. The van der Waals surface area contributed by atoms with Crippen LogP contribution in [0.1, 0.15) is 20.7 Å². The molecule has 163 valence electrons. The van der Waals surface area contributed by atoms with Crippen LogP contribution in [-0.2, 0) is 21.2 Å². The molecule has 0 atom stereocenters. The summed E-state index contributed by atoms with van der Waals surface area (Å²) in [5.74, 6) is -0.0135. The Bertz CT molecular complexity index is 650. The maximum atomic E-state index is 10.9. The van der Waals surface area contributed by atoms with E-state index < -0.39 is 6.47 Å². The van der Waals surface area contributed by atoms with Crippen LogP contribution in [0.5, 0.6) is 23.0 Å². The van der Waals surface area contributed by atoms with Crippen molar-refractivity contribution < 1.29 is 95.5 Å². The van der Waals surface area contributed by atoms with Gasteiger partial charge in [0.25, 0.3) is 0 Å². The fraction of sp³-hybridized carbons (Fsp3) is 0.118. The van der Waals surface area contributed by atoms with E-state index in [4.69, 9.17) is 19.4 Å². The summed E-state index contributed by atoms with van der Waals surface area (Å²) >= 11 is 0. The first-order valence-corrected chi connectivity index (χ1v) is 6.63. The molecule has 2 rings (SSSR count). The van der Waals surface area contributed by atoms with E-state index in [9.17, 15) is 19.8 Å². The Morgan fingerprint density at radius 3 is 1.21 bits per heavy atom. The molecule has 0 unspecified atom stereocenters. The van der Waals surface area contributed by atoms with Gasteiger partial charge >= 0.3 is 39.9 Å². The van der Waals surface area contributed by atoms with Crippen LogP contribution in [0.3, 0.4) is 0 Å². The molecule has 2 aromatic rings. The molecule has 0 spiro atoms. The van der Waals surface area contributed by atoms with Crippen LogP contribution >= 0.6 is 0 Å². The van der Waals surface area contributed by atoms with Gasteiger partial charge in [-0.25, -0.2) is 0 Å². The van der Waals surface area contributed by atoms with Gasteiger partial charge in [0.2, 0.25) is 0 Å². The van der Waals surface area contributed by atoms with Crippen LogP contribution in [0.4, 0.5) is 0 Å². The molecule has 29 heavy (non-hydrogen) atoms. The zero-order chi connectivity index (χ0) is 19.2. The van der Waals surface area contributed by atoms with Crippen molar-refractivity contribution in [2.75, 3.05) is 14.2 Å². The summed E-state index contributed by atoms with van der Waals surface area (Å²) in [6.07, 6.45) is 1.34. The predicted octanol–water partition coefficient (Wildman–Crippen LogP) is -3.24. The summed E-state index contributed by atoms with van der Waals surface area (Å²) in [7, 11) is 2.79. The van der Waals surface area contributed by atoms with Crippen molar-refractivity contribution in [1.29, 1.82) is 0 Å². The second kappa shape index (κ2) is 21.9. The second-order valence-electron chi connectivity index (χ2n) is 4.15. The third-order valence-corrected chi connectivity index (χ3v) is 2.65. The van der Waals surface area contributed by atoms with Gasteiger partial charge in [-0.2, -0.15) is 0 Å². The standard InChI is InChI=1S/2C8H8O3.CH2O2.Gd.3H2O/c2*1-11-8-4-6(5-9)2-3-7(8)10;2-1-3;;;;/h2*2-5,10H,1H3;1H,(H,2,3);;3*1H2/q;;;+3;;;. The number of carbonyl (C=O) groups excluding carboxylic acids is 3. The maximum Gasteiger partial charge on any atom is 3.00 e. The predicted molar refractivity (Wildman–Crippen MR) is 96.3 cm³/mol. The van der Waals surface area contributed by atoms with Crippen LogP contribution in [0.15, 0.2) is 36.4 Å². The molecule has 0 aliphatic heterocycles. The zero-order valence-electron chi connectivity index (χ0n) is 15.5. The molecule has 0 bridgehead atoms. The molecule has 11 nitrogen and oxygen atoms in total. The molecule has 1 radical (unpaired) electrons. The number of rotatable bonds is 4. The van der Waals surface area contributed by atoms with Gasteiger partial charge in [0.1, 0.15) is 24.1 Å². The first-order chi connectivity index (χ1) is 12.0. The van der Waals surface area contributed by atoms with E-state index in [-0.39, 0.29) is 79.4 Å². The van der Waals surface area contributed by atoms with Crippen LogP contribution in [-0.4, -0.2) is 33.3 Å². The summed E-state index contributed by atoms with van der Waals surface area (Å²) < 4.78 is 9.43. The Balaban J connectivity index is -0.000000104. The Morgan fingerprint density at radius 2 is 1.00 bits per heavy atom. The van der Waals surface area contributed by atoms with Gasteiger partial charge in [0, 0.05) is 17.6 Å². The molecule has 0 heterocycles. The van der Waals surface area contributed by atoms with Crippen molar-refractivity contribution in [3.63, 3.8) is 0 Å². The van der Waals surface area contributed by atoms with E-state index >= 15 is 0 Å². The fourth-order valence-corrected chi connectivity index (χ4v) is 1.51. The summed E-state index contributed by atoms with van der Waals surface area (Å²) in [5.41, 5.74) is 0.892. The topological polar surface area (TPSA) is 238 Å². The van der Waals surface area contributed by atoms with Gasteiger partial charge in [-0.05, 0) is 12.1 Å². The number of hydrogen-bond donors (Lipinski definition) is 0. The molecule has 0 saturated heterocycles. The van der Waals surface area contributed by atoms with Crippen molar-refractivity contribution in [3.05, 3.63) is 47.5 Å². The van der Waals surface area contributed by atoms with E-state index in [1.807, 2.05) is 0 Å². The van der Waals surface area contributed by atoms with Gasteiger partial charge in [0.15, 0.2) is 0 Å². The van der Waals surface area contributed by atoms with Crippen molar-refractivity contribution in [2.45, 2.75) is 0 Å². The van der Waals surface area contributed by atoms with Gasteiger partial charge in [-0.1, -0.05) is 35.8 Å². The summed E-state index contributed by atoms with van der Waals surface area (Å²) in [4.78, 5) is 28.7. The Morgan fingerprint density at radius 1 is 0.724 bits per heavy atom. The van der Waals surface area contributed by atoms with Gasteiger partial charge in [-0.3, -0.25) is 9.59 Å². The van der Waals surface area contributed by atoms with Crippen LogP contribution < -0.4 is 24.8 Å². The molecule has 12 heteroatoms. The smallest absolute Gasteiger partial charge is 0.870 e. The minimum Gasteiger partial charge on any atom is -0.870 e. The number of benzene rings is 2. The quantitative estimate of drug-likeness (QED) is 0.271. The molecule has 0 fully saturated rings. The Labute approximate surface area is 198 Å². The third kappa shape index (κ3) is 14.3. The Hall–Kier alpha value is -2.35. The van der Waals surface area contributed by atoms with Crippen molar-refractivity contribution in [1.82, 2.24) is 0 Å². The van der Waals surface area contributed by atoms with Crippen LogP contribution in [0.2, 0.25) is 0 Å². The maximum absolute atomic E-state index is 10.9. The zero-order valence-corrected chi connectivity index (χ0v) is 17.8. The summed E-state index contributed by atoms with van der Waals surface area (Å²) in [5, 5.41) is 30.0. The summed E-state index contributed by atoms with van der Waals surface area (Å²) in [6.45, 7) is -0.500. The molecule has 0 aliphatic carbocycles. The SMILES string of the molecule is COc1cc(C=O)ccc1[O-].COc1cc(C=O)ccc1[O-].O=C[O-].[Gd+3].[OH3+].[OH3+].[OH3+]. The molecular weight excluding hydrogens is 537 g/mol. The molecule has 9 N–H and O–H groups in total. The molecule has 0 aromatic heterocycles. The Kier molecular flexibility index (Phi) is 28.3. The fourth-order valence-electron chi connectivity index (χ4n) is 1.51. The first kappa shape index (κ1) is 37.4. The van der Waals surface area contributed by atoms with Crippen molar-refractivity contribution in [3.8, 4) is 23.0 Å².